The number of carbonyl (C=O) groups is 1. The number of aliphatic imine (C=N–C) groups is 1. The Morgan fingerprint density at radius 2 is 1.45 bits per heavy atom. The average Bonchev–Trinajstić information content (AvgIpc) is 3.36. The molecule has 5 aromatic rings. The molecule has 0 fully saturated rings. The zero-order chi connectivity index (χ0) is 26.5. The topological polar surface area (TPSA) is 86.7 Å². The second kappa shape index (κ2) is 10.8. The van der Waals surface area contributed by atoms with Crippen molar-refractivity contribution in [2.24, 2.45) is 4.99 Å². The van der Waals surface area contributed by atoms with Crippen LogP contribution in [0.4, 0.5) is 11.4 Å². The van der Waals surface area contributed by atoms with E-state index in [-0.39, 0.29) is 5.69 Å². The molecule has 0 amide bonds. The van der Waals surface area contributed by atoms with Gasteiger partial charge in [0.25, 0.3) is 5.69 Å². The Balaban J connectivity index is 1.69. The molecule has 7 heteroatoms. The van der Waals surface area contributed by atoms with E-state index in [0.717, 1.165) is 33.8 Å². The molecule has 0 radical (unpaired) electrons. The highest BCUT2D eigenvalue weighted by Crippen LogP contribution is 2.36. The molecule has 186 valence electrons. The number of non-ortho nitro benzene ring substituents is 1. The molecule has 0 bridgehead atoms. The molecular weight excluding hydrogens is 478 g/mol. The van der Waals surface area contributed by atoms with Crippen molar-refractivity contribution in [3.63, 3.8) is 0 Å². The Hall–Kier alpha value is -5.30. The van der Waals surface area contributed by atoms with E-state index in [2.05, 4.69) is 15.6 Å². The van der Waals surface area contributed by atoms with Crippen molar-refractivity contribution in [2.45, 2.75) is 0 Å². The number of rotatable bonds is 7. The Kier molecular flexibility index (Phi) is 6.91. The number of esters is 1. The number of benzene rings is 4. The lowest BCUT2D eigenvalue weighted by Crippen LogP contribution is -2.01. The fourth-order valence-corrected chi connectivity index (χ4v) is 4.28. The SMILES string of the molecule is COC(=O)c1ccc(N=Cc2cc(-c3ccccc3)n(-c3ccc([N+](=O)[O-])cc3)c2-c2ccccc2)cc1. The van der Waals surface area contributed by atoms with Crippen LogP contribution in [0.2, 0.25) is 0 Å². The lowest BCUT2D eigenvalue weighted by molar-refractivity contribution is -0.384. The van der Waals surface area contributed by atoms with Gasteiger partial charge in [0.1, 0.15) is 0 Å². The molecule has 1 aromatic heterocycles. The van der Waals surface area contributed by atoms with E-state index < -0.39 is 10.9 Å². The van der Waals surface area contributed by atoms with Crippen molar-refractivity contribution >= 4 is 23.6 Å². The van der Waals surface area contributed by atoms with E-state index in [1.54, 1.807) is 42.6 Å². The predicted molar refractivity (Wildman–Crippen MR) is 148 cm³/mol. The van der Waals surface area contributed by atoms with E-state index in [4.69, 9.17) is 4.74 Å². The average molecular weight is 502 g/mol. The van der Waals surface area contributed by atoms with E-state index in [1.807, 2.05) is 60.7 Å². The highest BCUT2D eigenvalue weighted by molar-refractivity contribution is 5.95. The summed E-state index contributed by atoms with van der Waals surface area (Å²) < 4.78 is 6.87. The minimum absolute atomic E-state index is 0.0283. The summed E-state index contributed by atoms with van der Waals surface area (Å²) in [5.74, 6) is -0.403. The lowest BCUT2D eigenvalue weighted by atomic mass is 10.1. The fraction of sp³-hybridized carbons (Fsp3) is 0.0323. The zero-order valence-corrected chi connectivity index (χ0v) is 20.5. The van der Waals surface area contributed by atoms with Gasteiger partial charge in [-0.3, -0.25) is 15.1 Å². The van der Waals surface area contributed by atoms with Gasteiger partial charge in [-0.25, -0.2) is 4.79 Å². The number of ether oxygens (including phenoxy) is 1. The van der Waals surface area contributed by atoms with Crippen molar-refractivity contribution in [3.8, 4) is 28.2 Å². The Bertz CT molecular complexity index is 1610. The first-order chi connectivity index (χ1) is 18.5. The van der Waals surface area contributed by atoms with E-state index in [1.165, 1.54) is 19.2 Å². The smallest absolute Gasteiger partial charge is 0.337 e. The maximum Gasteiger partial charge on any atom is 0.337 e. The zero-order valence-electron chi connectivity index (χ0n) is 20.5. The van der Waals surface area contributed by atoms with Crippen molar-refractivity contribution in [3.05, 3.63) is 137 Å². The largest absolute Gasteiger partial charge is 0.465 e. The van der Waals surface area contributed by atoms with Crippen LogP contribution in [-0.4, -0.2) is 28.8 Å². The summed E-state index contributed by atoms with van der Waals surface area (Å²) in [4.78, 5) is 27.3. The van der Waals surface area contributed by atoms with E-state index in [9.17, 15) is 14.9 Å². The lowest BCUT2D eigenvalue weighted by Gasteiger charge is -2.15. The Morgan fingerprint density at radius 3 is 2.03 bits per heavy atom. The van der Waals surface area contributed by atoms with Crippen molar-refractivity contribution in [1.29, 1.82) is 0 Å². The summed E-state index contributed by atoms with van der Waals surface area (Å²) in [5.41, 5.74) is 6.59. The number of methoxy groups -OCH3 is 1. The molecule has 0 N–H and O–H groups in total. The van der Waals surface area contributed by atoms with Crippen molar-refractivity contribution < 1.29 is 14.5 Å². The van der Waals surface area contributed by atoms with Crippen LogP contribution in [0.15, 0.2) is 120 Å². The molecular formula is C31H23N3O4. The molecule has 7 nitrogen and oxygen atoms in total. The molecule has 1 heterocycles. The Morgan fingerprint density at radius 1 is 0.842 bits per heavy atom. The van der Waals surface area contributed by atoms with Crippen LogP contribution >= 0.6 is 0 Å². The molecule has 0 unspecified atom stereocenters. The van der Waals surface area contributed by atoms with Crippen LogP contribution in [0.3, 0.4) is 0 Å². The van der Waals surface area contributed by atoms with E-state index >= 15 is 0 Å². The standard InChI is InChI=1S/C31H23N3O4/c1-38-31(35)24-12-14-26(15-13-24)32-21-25-20-29(22-8-4-2-5-9-22)33(30(25)23-10-6-3-7-11-23)27-16-18-28(19-17-27)34(36)37/h2-21H,1H3. The number of hydrogen-bond acceptors (Lipinski definition) is 5. The summed E-state index contributed by atoms with van der Waals surface area (Å²) in [6, 6.07) is 35.4. The third kappa shape index (κ3) is 4.99. The monoisotopic (exact) mass is 501 g/mol. The highest BCUT2D eigenvalue weighted by atomic mass is 16.6. The van der Waals surface area contributed by atoms with Gasteiger partial charge in [-0.1, -0.05) is 60.7 Å². The van der Waals surface area contributed by atoms with Crippen LogP contribution in [0.5, 0.6) is 0 Å². The summed E-state index contributed by atoms with van der Waals surface area (Å²) in [5, 5.41) is 11.3. The van der Waals surface area contributed by atoms with Gasteiger partial charge in [-0.2, -0.15) is 0 Å². The maximum absolute atomic E-state index is 11.8. The minimum Gasteiger partial charge on any atom is -0.465 e. The number of aromatic nitrogens is 1. The van der Waals surface area contributed by atoms with Crippen molar-refractivity contribution in [2.75, 3.05) is 7.11 Å². The van der Waals surface area contributed by atoms with E-state index in [0.29, 0.717) is 11.3 Å². The molecule has 0 saturated heterocycles. The Labute approximate surface area is 219 Å². The molecule has 0 atom stereocenters. The second-order valence-corrected chi connectivity index (χ2v) is 8.47. The number of nitro benzene ring substituents is 1. The van der Waals surface area contributed by atoms with Crippen LogP contribution in [0.1, 0.15) is 15.9 Å². The summed E-state index contributed by atoms with van der Waals surface area (Å²) in [6.07, 6.45) is 1.80. The van der Waals surface area contributed by atoms with Gasteiger partial charge in [0, 0.05) is 29.6 Å². The van der Waals surface area contributed by atoms with Gasteiger partial charge in [-0.15, -0.1) is 0 Å². The predicted octanol–water partition coefficient (Wildman–Crippen LogP) is 7.26. The molecule has 0 spiro atoms. The fourth-order valence-electron chi connectivity index (χ4n) is 4.28. The molecule has 5 rings (SSSR count). The van der Waals surface area contributed by atoms with Crippen LogP contribution in [0, 0.1) is 10.1 Å². The summed E-state index contributed by atoms with van der Waals surface area (Å²) >= 11 is 0. The second-order valence-electron chi connectivity index (χ2n) is 8.47. The number of nitro groups is 1. The number of nitrogens with zero attached hydrogens (tertiary/aromatic N) is 3. The molecule has 0 saturated carbocycles. The van der Waals surface area contributed by atoms with Crippen LogP contribution < -0.4 is 0 Å². The quantitative estimate of drug-likeness (QED) is 0.102. The first kappa shape index (κ1) is 24.4. The van der Waals surface area contributed by atoms with Gasteiger partial charge in [0.15, 0.2) is 0 Å². The highest BCUT2D eigenvalue weighted by Gasteiger charge is 2.19. The van der Waals surface area contributed by atoms with Crippen molar-refractivity contribution in [1.82, 2.24) is 4.57 Å². The third-order valence-electron chi connectivity index (χ3n) is 6.11. The first-order valence-electron chi connectivity index (χ1n) is 11.9. The number of hydrogen-bond donors (Lipinski definition) is 0. The van der Waals surface area contributed by atoms with Gasteiger partial charge in [0.2, 0.25) is 0 Å². The first-order valence-corrected chi connectivity index (χ1v) is 11.9. The number of carbonyl (C=O) groups excluding carboxylic acids is 1. The van der Waals surface area contributed by atoms with Crippen LogP contribution in [0.25, 0.3) is 28.2 Å². The normalized spacial score (nSPS) is 11.0. The van der Waals surface area contributed by atoms with Gasteiger partial charge >= 0.3 is 5.97 Å². The molecule has 38 heavy (non-hydrogen) atoms. The molecule has 0 aliphatic rings. The molecule has 0 aliphatic carbocycles. The molecule has 0 aliphatic heterocycles. The van der Waals surface area contributed by atoms with Gasteiger partial charge < -0.3 is 9.30 Å². The van der Waals surface area contributed by atoms with Crippen LogP contribution in [-0.2, 0) is 4.74 Å². The molecule has 4 aromatic carbocycles. The van der Waals surface area contributed by atoms with Gasteiger partial charge in [-0.05, 0) is 53.6 Å². The van der Waals surface area contributed by atoms with Gasteiger partial charge in [0.05, 0.1) is 34.7 Å². The third-order valence-corrected chi connectivity index (χ3v) is 6.11. The summed E-state index contributed by atoms with van der Waals surface area (Å²) in [7, 11) is 1.35. The minimum atomic E-state index is -0.404. The summed E-state index contributed by atoms with van der Waals surface area (Å²) in [6.45, 7) is 0. The maximum atomic E-state index is 11.8.